The molecule has 11 heteroatoms. The van der Waals surface area contributed by atoms with Gasteiger partial charge in [0, 0.05) is 45.3 Å². The molecule has 2 aliphatic rings. The van der Waals surface area contributed by atoms with Crippen molar-refractivity contribution in [2.75, 3.05) is 64.0 Å². The number of hydrogen-bond donors (Lipinski definition) is 3. The predicted molar refractivity (Wildman–Crippen MR) is 136 cm³/mol. The summed E-state index contributed by atoms with van der Waals surface area (Å²) in [5.74, 6) is 1.16. The van der Waals surface area contributed by atoms with Gasteiger partial charge in [-0.15, -0.1) is 0 Å². The van der Waals surface area contributed by atoms with E-state index < -0.39 is 0 Å². The van der Waals surface area contributed by atoms with Crippen molar-refractivity contribution in [3.8, 4) is 0 Å². The number of imidazole rings is 1. The minimum Gasteiger partial charge on any atom is -0.353 e. The van der Waals surface area contributed by atoms with Crippen LogP contribution in [0.3, 0.4) is 0 Å². The van der Waals surface area contributed by atoms with Crippen LogP contribution in [0.25, 0.3) is 11.2 Å². The van der Waals surface area contributed by atoms with Crippen LogP contribution in [-0.4, -0.2) is 93.6 Å². The van der Waals surface area contributed by atoms with Gasteiger partial charge in [0.25, 0.3) is 5.91 Å². The lowest BCUT2D eigenvalue weighted by molar-refractivity contribution is 0.0730. The molecule has 5 rings (SSSR count). The predicted octanol–water partition coefficient (Wildman–Crippen LogP) is 2.10. The molecule has 1 aliphatic heterocycles. The van der Waals surface area contributed by atoms with Gasteiger partial charge in [0.05, 0.1) is 18.2 Å². The molecule has 0 spiro atoms. The number of nitrogens with one attached hydrogen (secondary N) is 3. The van der Waals surface area contributed by atoms with E-state index in [2.05, 4.69) is 35.4 Å². The van der Waals surface area contributed by atoms with Crippen molar-refractivity contribution < 1.29 is 4.79 Å². The Morgan fingerprint density at radius 3 is 2.66 bits per heavy atom. The molecule has 3 aromatic heterocycles. The highest BCUT2D eigenvalue weighted by Crippen LogP contribution is 2.33. The summed E-state index contributed by atoms with van der Waals surface area (Å²) < 4.78 is 2.19. The fraction of sp³-hybridized carbons (Fsp3) is 0.542. The van der Waals surface area contributed by atoms with Gasteiger partial charge in [-0.05, 0) is 39.1 Å². The van der Waals surface area contributed by atoms with Gasteiger partial charge in [0.2, 0.25) is 5.95 Å². The number of aromatic nitrogens is 5. The van der Waals surface area contributed by atoms with Crippen molar-refractivity contribution in [3.05, 3.63) is 30.4 Å². The Kier molecular flexibility index (Phi) is 7.05. The highest BCUT2D eigenvalue weighted by atomic mass is 16.2. The number of pyridine rings is 1. The number of amides is 1. The maximum absolute atomic E-state index is 12.7. The second-order valence-corrected chi connectivity index (χ2v) is 9.49. The Morgan fingerprint density at radius 1 is 1.14 bits per heavy atom. The lowest BCUT2D eigenvalue weighted by Crippen LogP contribution is -2.46. The molecule has 0 atom stereocenters. The summed E-state index contributed by atoms with van der Waals surface area (Å²) in [7, 11) is 4.08. The van der Waals surface area contributed by atoms with Crippen LogP contribution < -0.4 is 16.0 Å². The van der Waals surface area contributed by atoms with E-state index in [4.69, 9.17) is 9.97 Å². The average Bonchev–Trinajstić information content (AvgIpc) is 3.54. The average molecular weight is 479 g/mol. The molecule has 0 bridgehead atoms. The van der Waals surface area contributed by atoms with E-state index in [0.717, 1.165) is 55.9 Å². The summed E-state index contributed by atoms with van der Waals surface area (Å²) in [6.45, 7) is 4.64. The number of fused-ring (bicyclic) bond motifs is 1. The third-order valence-corrected chi connectivity index (χ3v) is 6.63. The van der Waals surface area contributed by atoms with Gasteiger partial charge >= 0.3 is 0 Å². The number of carbonyl (C=O) groups is 1. The largest absolute Gasteiger partial charge is 0.353 e. The molecule has 1 aliphatic carbocycles. The normalized spacial score (nSPS) is 16.8. The van der Waals surface area contributed by atoms with Crippen LogP contribution in [-0.2, 0) is 0 Å². The molecule has 35 heavy (non-hydrogen) atoms. The number of anilines is 3. The molecule has 1 amide bonds. The van der Waals surface area contributed by atoms with Crippen molar-refractivity contribution in [3.63, 3.8) is 0 Å². The van der Waals surface area contributed by atoms with E-state index in [9.17, 15) is 4.79 Å². The lowest BCUT2D eigenvalue weighted by Gasteiger charge is -2.27. The van der Waals surface area contributed by atoms with E-state index in [1.54, 1.807) is 12.3 Å². The fourth-order valence-electron chi connectivity index (χ4n) is 4.68. The summed E-state index contributed by atoms with van der Waals surface area (Å²) in [6, 6.07) is 4.05. The van der Waals surface area contributed by atoms with Crippen LogP contribution >= 0.6 is 0 Å². The smallest absolute Gasteiger partial charge is 0.272 e. The highest BCUT2D eigenvalue weighted by molar-refractivity contribution is 5.93. The Bertz CT molecular complexity index is 1150. The van der Waals surface area contributed by atoms with Crippen molar-refractivity contribution in [1.29, 1.82) is 0 Å². The number of nitrogens with zero attached hydrogens (tertiary/aromatic N) is 7. The lowest BCUT2D eigenvalue weighted by atomic mass is 10.2. The second-order valence-electron chi connectivity index (χ2n) is 9.49. The van der Waals surface area contributed by atoms with E-state index in [1.807, 2.05) is 31.4 Å². The zero-order valence-electron chi connectivity index (χ0n) is 20.5. The van der Waals surface area contributed by atoms with Gasteiger partial charge in [-0.25, -0.2) is 9.97 Å². The number of carbonyl (C=O) groups excluding carboxylic acids is 1. The summed E-state index contributed by atoms with van der Waals surface area (Å²) >= 11 is 0. The monoisotopic (exact) mass is 478 g/mol. The van der Waals surface area contributed by atoms with Crippen LogP contribution in [0.2, 0.25) is 0 Å². The standard InChI is InChI=1S/C24H34N10O/c1-32(2)12-11-26-24-30-21(20-22(31-24)34(16-28-20)18-5-3-4-6-18)29-17-7-8-19(27-15-17)23(35)33-13-9-25-10-14-33/h7-8,15-16,18,25H,3-6,9-14H2,1-2H3,(H2,26,29,30,31). The number of piperazine rings is 1. The van der Waals surface area contributed by atoms with Crippen LogP contribution in [0.1, 0.15) is 42.2 Å². The molecule has 3 N–H and O–H groups in total. The molecular weight excluding hydrogens is 444 g/mol. The molecule has 11 nitrogen and oxygen atoms in total. The van der Waals surface area contributed by atoms with Gasteiger partial charge in [-0.3, -0.25) is 4.79 Å². The first-order valence-corrected chi connectivity index (χ1v) is 12.4. The van der Waals surface area contributed by atoms with E-state index in [1.165, 1.54) is 12.8 Å². The zero-order valence-corrected chi connectivity index (χ0v) is 20.5. The molecule has 1 saturated carbocycles. The molecule has 0 aromatic carbocycles. The van der Waals surface area contributed by atoms with Crippen molar-refractivity contribution in [2.45, 2.75) is 31.7 Å². The molecule has 1 saturated heterocycles. The summed E-state index contributed by atoms with van der Waals surface area (Å²) in [5.41, 5.74) is 2.76. The first-order chi connectivity index (χ1) is 17.1. The fourth-order valence-corrected chi connectivity index (χ4v) is 4.68. The molecule has 4 heterocycles. The molecule has 3 aromatic rings. The van der Waals surface area contributed by atoms with Crippen LogP contribution in [0.4, 0.5) is 17.5 Å². The first-order valence-electron chi connectivity index (χ1n) is 12.4. The van der Waals surface area contributed by atoms with Gasteiger partial charge < -0.3 is 30.3 Å². The van der Waals surface area contributed by atoms with Gasteiger partial charge in [-0.2, -0.15) is 9.97 Å². The van der Waals surface area contributed by atoms with Crippen molar-refractivity contribution in [1.82, 2.24) is 39.6 Å². The van der Waals surface area contributed by atoms with E-state index in [-0.39, 0.29) is 5.91 Å². The van der Waals surface area contributed by atoms with Gasteiger partial charge in [-0.1, -0.05) is 12.8 Å². The number of likely N-dealkylation sites (N-methyl/N-ethyl adjacent to an activating group) is 1. The van der Waals surface area contributed by atoms with Crippen molar-refractivity contribution in [2.24, 2.45) is 0 Å². The molecule has 2 fully saturated rings. The Hall–Kier alpha value is -3.31. The third-order valence-electron chi connectivity index (χ3n) is 6.63. The third kappa shape index (κ3) is 5.35. The van der Waals surface area contributed by atoms with E-state index in [0.29, 0.717) is 36.6 Å². The summed E-state index contributed by atoms with van der Waals surface area (Å²) in [6.07, 6.45) is 8.33. The van der Waals surface area contributed by atoms with Crippen molar-refractivity contribution >= 4 is 34.5 Å². The van der Waals surface area contributed by atoms with Crippen LogP contribution in [0.5, 0.6) is 0 Å². The molecule has 186 valence electrons. The summed E-state index contributed by atoms with van der Waals surface area (Å²) in [5, 5.41) is 9.97. The maximum atomic E-state index is 12.7. The minimum absolute atomic E-state index is 0.0369. The Balaban J connectivity index is 1.39. The Labute approximate surface area is 205 Å². The topological polar surface area (TPSA) is 116 Å². The number of hydrogen-bond acceptors (Lipinski definition) is 9. The van der Waals surface area contributed by atoms with Crippen LogP contribution in [0.15, 0.2) is 24.7 Å². The maximum Gasteiger partial charge on any atom is 0.272 e. The first kappa shape index (κ1) is 23.4. The van der Waals surface area contributed by atoms with Gasteiger partial charge in [0.1, 0.15) is 5.69 Å². The highest BCUT2D eigenvalue weighted by Gasteiger charge is 2.22. The minimum atomic E-state index is -0.0369. The quantitative estimate of drug-likeness (QED) is 0.447. The second kappa shape index (κ2) is 10.5. The van der Waals surface area contributed by atoms with E-state index >= 15 is 0 Å². The zero-order chi connectivity index (χ0) is 24.2. The molecule has 0 unspecified atom stereocenters. The van der Waals surface area contributed by atoms with Crippen LogP contribution in [0, 0.1) is 0 Å². The SMILES string of the molecule is CN(C)CCNc1nc(Nc2ccc(C(=O)N3CCNCC3)nc2)c2ncn(C3CCCC3)c2n1. The number of rotatable bonds is 8. The van der Waals surface area contributed by atoms with Gasteiger partial charge in [0.15, 0.2) is 17.0 Å². The summed E-state index contributed by atoms with van der Waals surface area (Å²) in [4.78, 5) is 35.3. The molecule has 0 radical (unpaired) electrons. The Morgan fingerprint density at radius 2 is 1.94 bits per heavy atom. The molecular formula is C24H34N10O.